The van der Waals surface area contributed by atoms with E-state index in [-0.39, 0.29) is 0 Å². The van der Waals surface area contributed by atoms with Crippen molar-refractivity contribution in [3.8, 4) is 0 Å². The van der Waals surface area contributed by atoms with Crippen molar-refractivity contribution in [3.63, 3.8) is 0 Å². The molecule has 0 unspecified atom stereocenters. The van der Waals surface area contributed by atoms with Crippen LogP contribution in [0.5, 0.6) is 0 Å². The SMILES string of the molecule is CC.Cc1cc2[nH]cnc(=S)c2c(C)c1C. The number of aromatic amines is 1. The number of aryl methyl sites for hydroxylation is 2. The maximum absolute atomic E-state index is 5.21. The topological polar surface area (TPSA) is 28.7 Å². The molecule has 0 saturated carbocycles. The van der Waals surface area contributed by atoms with Gasteiger partial charge in [-0.3, -0.25) is 0 Å². The van der Waals surface area contributed by atoms with Crippen molar-refractivity contribution >= 4 is 23.1 Å². The highest BCUT2D eigenvalue weighted by Crippen LogP contribution is 2.22. The first-order chi connectivity index (χ1) is 7.61. The fourth-order valence-electron chi connectivity index (χ4n) is 1.70. The van der Waals surface area contributed by atoms with E-state index in [0.29, 0.717) is 4.64 Å². The smallest absolute Gasteiger partial charge is 0.137 e. The molecule has 1 aromatic carbocycles. The molecule has 0 aliphatic carbocycles. The molecule has 0 aliphatic rings. The predicted molar refractivity (Wildman–Crippen MR) is 72.5 cm³/mol. The van der Waals surface area contributed by atoms with Crippen LogP contribution < -0.4 is 0 Å². The summed E-state index contributed by atoms with van der Waals surface area (Å²) in [7, 11) is 0. The zero-order valence-electron chi connectivity index (χ0n) is 10.5. The third kappa shape index (κ3) is 2.14. The molecule has 0 amide bonds. The van der Waals surface area contributed by atoms with Gasteiger partial charge in [-0.15, -0.1) is 0 Å². The van der Waals surface area contributed by atoms with Gasteiger partial charge >= 0.3 is 0 Å². The van der Waals surface area contributed by atoms with Gasteiger partial charge in [0, 0.05) is 5.39 Å². The number of benzene rings is 1. The van der Waals surface area contributed by atoms with Crippen LogP contribution in [0.15, 0.2) is 12.4 Å². The molecule has 1 N–H and O–H groups in total. The fraction of sp³-hybridized carbons (Fsp3) is 0.385. The molecule has 1 aromatic heterocycles. The lowest BCUT2D eigenvalue weighted by Crippen LogP contribution is -1.92. The Kier molecular flexibility index (Phi) is 4.19. The second kappa shape index (κ2) is 5.21. The van der Waals surface area contributed by atoms with Gasteiger partial charge < -0.3 is 4.98 Å². The second-order valence-electron chi connectivity index (χ2n) is 3.57. The Balaban J connectivity index is 0.000000606. The summed E-state index contributed by atoms with van der Waals surface area (Å²) in [6.45, 7) is 10.3. The third-order valence-electron chi connectivity index (χ3n) is 2.77. The van der Waals surface area contributed by atoms with E-state index in [1.54, 1.807) is 6.33 Å². The van der Waals surface area contributed by atoms with E-state index in [1.165, 1.54) is 16.7 Å². The van der Waals surface area contributed by atoms with Gasteiger partial charge in [-0.1, -0.05) is 26.1 Å². The normalized spacial score (nSPS) is 9.81. The van der Waals surface area contributed by atoms with Gasteiger partial charge in [0.25, 0.3) is 0 Å². The Morgan fingerprint density at radius 1 is 1.12 bits per heavy atom. The number of hydrogen-bond donors (Lipinski definition) is 1. The second-order valence-corrected chi connectivity index (χ2v) is 3.96. The highest BCUT2D eigenvalue weighted by atomic mass is 32.1. The van der Waals surface area contributed by atoms with Gasteiger partial charge in [0.1, 0.15) is 4.64 Å². The molecule has 2 rings (SSSR count). The summed E-state index contributed by atoms with van der Waals surface area (Å²) in [6, 6.07) is 2.12. The van der Waals surface area contributed by atoms with Gasteiger partial charge in [0.2, 0.25) is 0 Å². The lowest BCUT2D eigenvalue weighted by Gasteiger charge is -2.08. The minimum Gasteiger partial charge on any atom is -0.346 e. The van der Waals surface area contributed by atoms with E-state index in [1.807, 2.05) is 13.8 Å². The molecule has 0 radical (unpaired) electrons. The summed E-state index contributed by atoms with van der Waals surface area (Å²) < 4.78 is 0.680. The van der Waals surface area contributed by atoms with Crippen LogP contribution in [0.1, 0.15) is 30.5 Å². The van der Waals surface area contributed by atoms with E-state index in [4.69, 9.17) is 12.2 Å². The number of nitrogens with zero attached hydrogens (tertiary/aromatic N) is 1. The van der Waals surface area contributed by atoms with Gasteiger partial charge in [-0.05, 0) is 43.5 Å². The molecule has 3 heteroatoms. The molecule has 2 aromatic rings. The summed E-state index contributed by atoms with van der Waals surface area (Å²) in [6.07, 6.45) is 1.65. The molecule has 0 bridgehead atoms. The number of hydrogen-bond acceptors (Lipinski definition) is 2. The molecule has 16 heavy (non-hydrogen) atoms. The van der Waals surface area contributed by atoms with Crippen molar-refractivity contribution in [2.24, 2.45) is 0 Å². The maximum Gasteiger partial charge on any atom is 0.137 e. The van der Waals surface area contributed by atoms with Crippen LogP contribution in [0.25, 0.3) is 10.9 Å². The summed E-state index contributed by atoms with van der Waals surface area (Å²) >= 11 is 5.21. The molecule has 2 nitrogen and oxygen atoms in total. The zero-order valence-corrected chi connectivity index (χ0v) is 11.3. The minimum atomic E-state index is 0.680. The molecule has 0 saturated heterocycles. The fourth-order valence-corrected chi connectivity index (χ4v) is 2.01. The molecule has 1 heterocycles. The summed E-state index contributed by atoms with van der Waals surface area (Å²) in [4.78, 5) is 7.22. The molecule has 86 valence electrons. The van der Waals surface area contributed by atoms with E-state index < -0.39 is 0 Å². The van der Waals surface area contributed by atoms with Gasteiger partial charge in [0.15, 0.2) is 0 Å². The number of H-pyrrole nitrogens is 1. The Bertz CT molecular complexity index is 556. The van der Waals surface area contributed by atoms with Crippen LogP contribution in [-0.2, 0) is 0 Å². The molecular weight excluding hydrogens is 216 g/mol. The standard InChI is InChI=1S/C11H12N2S.C2H6/c1-6-4-9-10(8(3)7(6)2)11(14)13-5-12-9;1-2/h4-5H,1-3H3,(H,12,13,14);1-2H3. The van der Waals surface area contributed by atoms with Crippen LogP contribution >= 0.6 is 12.2 Å². The third-order valence-corrected chi connectivity index (χ3v) is 3.08. The summed E-state index contributed by atoms with van der Waals surface area (Å²) in [5, 5.41) is 1.07. The highest BCUT2D eigenvalue weighted by Gasteiger charge is 2.05. The van der Waals surface area contributed by atoms with Crippen molar-refractivity contribution < 1.29 is 0 Å². The van der Waals surface area contributed by atoms with Crippen molar-refractivity contribution in [2.75, 3.05) is 0 Å². The van der Waals surface area contributed by atoms with Crippen molar-refractivity contribution in [1.29, 1.82) is 0 Å². The first kappa shape index (κ1) is 12.8. The van der Waals surface area contributed by atoms with Crippen LogP contribution in [0, 0.1) is 25.4 Å². The number of nitrogens with one attached hydrogen (secondary N) is 1. The van der Waals surface area contributed by atoms with Crippen molar-refractivity contribution in [1.82, 2.24) is 9.97 Å². The average molecular weight is 234 g/mol. The maximum atomic E-state index is 5.21. The number of rotatable bonds is 0. The predicted octanol–water partition coefficient (Wildman–Crippen LogP) is 4.24. The molecule has 0 atom stereocenters. The average Bonchev–Trinajstić information content (AvgIpc) is 2.28. The lowest BCUT2D eigenvalue weighted by atomic mass is 10.0. The first-order valence-electron chi connectivity index (χ1n) is 5.55. The Labute approximate surface area is 102 Å². The van der Waals surface area contributed by atoms with Crippen LogP contribution in [0.3, 0.4) is 0 Å². The van der Waals surface area contributed by atoms with E-state index >= 15 is 0 Å². The Morgan fingerprint density at radius 2 is 1.75 bits per heavy atom. The Morgan fingerprint density at radius 3 is 2.38 bits per heavy atom. The quantitative estimate of drug-likeness (QED) is 0.690. The van der Waals surface area contributed by atoms with Gasteiger partial charge in [-0.2, -0.15) is 0 Å². The van der Waals surface area contributed by atoms with E-state index in [0.717, 1.165) is 10.9 Å². The van der Waals surface area contributed by atoms with E-state index in [2.05, 4.69) is 36.8 Å². The Hall–Kier alpha value is -1.22. The molecule has 0 aliphatic heterocycles. The first-order valence-corrected chi connectivity index (χ1v) is 5.96. The van der Waals surface area contributed by atoms with Gasteiger partial charge in [0.05, 0.1) is 11.8 Å². The van der Waals surface area contributed by atoms with Crippen molar-refractivity contribution in [2.45, 2.75) is 34.6 Å². The summed E-state index contributed by atoms with van der Waals surface area (Å²) in [5.41, 5.74) is 4.89. The largest absolute Gasteiger partial charge is 0.346 e. The zero-order chi connectivity index (χ0) is 12.3. The molecular formula is C13H18N2S. The molecule has 0 spiro atoms. The number of aromatic nitrogens is 2. The minimum absolute atomic E-state index is 0.680. The van der Waals surface area contributed by atoms with Crippen molar-refractivity contribution in [3.05, 3.63) is 33.7 Å². The lowest BCUT2D eigenvalue weighted by molar-refractivity contribution is 1.18. The molecule has 0 fully saturated rings. The van der Waals surface area contributed by atoms with Crippen LogP contribution in [0.4, 0.5) is 0 Å². The van der Waals surface area contributed by atoms with Gasteiger partial charge in [-0.25, -0.2) is 4.98 Å². The van der Waals surface area contributed by atoms with E-state index in [9.17, 15) is 0 Å². The number of fused-ring (bicyclic) bond motifs is 1. The monoisotopic (exact) mass is 234 g/mol. The van der Waals surface area contributed by atoms with Crippen LogP contribution in [0.2, 0.25) is 0 Å². The van der Waals surface area contributed by atoms with Crippen LogP contribution in [-0.4, -0.2) is 9.97 Å². The summed E-state index contributed by atoms with van der Waals surface area (Å²) in [5.74, 6) is 0. The highest BCUT2D eigenvalue weighted by molar-refractivity contribution is 7.71.